The average Bonchev–Trinajstić information content (AvgIpc) is 3.04. The third-order valence-corrected chi connectivity index (χ3v) is 6.63. The molecule has 0 aromatic carbocycles. The molecule has 8 nitrogen and oxygen atoms in total. The number of hydrogen-bond donors (Lipinski definition) is 2. The van der Waals surface area contributed by atoms with Gasteiger partial charge in [-0.25, -0.2) is 0 Å². The average molecular weight is 405 g/mol. The number of aromatic nitrogens is 2. The van der Waals surface area contributed by atoms with E-state index in [0.29, 0.717) is 17.6 Å². The van der Waals surface area contributed by atoms with E-state index in [4.69, 9.17) is 0 Å². The summed E-state index contributed by atoms with van der Waals surface area (Å²) in [6.07, 6.45) is 5.55. The second-order valence-electron chi connectivity index (χ2n) is 8.40. The number of carbonyl (C=O) groups excluding carboxylic acids is 3. The van der Waals surface area contributed by atoms with E-state index in [0.717, 1.165) is 25.7 Å². The predicted octanol–water partition coefficient (Wildman–Crippen LogP) is 1.42. The molecule has 2 aliphatic rings. The monoisotopic (exact) mass is 404 g/mol. The van der Waals surface area contributed by atoms with Gasteiger partial charge in [-0.1, -0.05) is 20.3 Å². The smallest absolute Gasteiger partial charge is 0.272 e. The van der Waals surface area contributed by atoms with Crippen LogP contribution in [-0.2, 0) is 11.8 Å². The number of piperidine rings is 2. The lowest BCUT2D eigenvalue weighted by atomic mass is 9.82. The van der Waals surface area contributed by atoms with Gasteiger partial charge in [0.15, 0.2) is 17.3 Å². The molecule has 3 heterocycles. The maximum atomic E-state index is 13.1. The zero-order chi connectivity index (χ0) is 21.3. The molecular weight excluding hydrogens is 372 g/mol. The van der Waals surface area contributed by atoms with Gasteiger partial charge in [-0.15, -0.1) is 0 Å². The van der Waals surface area contributed by atoms with Crippen LogP contribution in [0.15, 0.2) is 0 Å². The lowest BCUT2D eigenvalue weighted by Gasteiger charge is -2.47. The fourth-order valence-corrected chi connectivity index (χ4v) is 4.90. The normalized spacial score (nSPS) is 25.5. The number of nitrogens with one attached hydrogen (secondary N) is 1. The van der Waals surface area contributed by atoms with Crippen LogP contribution in [0, 0.1) is 0 Å². The van der Waals surface area contributed by atoms with Crippen molar-refractivity contribution in [1.29, 1.82) is 0 Å². The van der Waals surface area contributed by atoms with Gasteiger partial charge in [0.05, 0.1) is 0 Å². The van der Waals surface area contributed by atoms with Crippen LogP contribution >= 0.6 is 0 Å². The quantitative estimate of drug-likeness (QED) is 0.666. The van der Waals surface area contributed by atoms with Gasteiger partial charge in [0, 0.05) is 43.1 Å². The Morgan fingerprint density at radius 2 is 1.83 bits per heavy atom. The van der Waals surface area contributed by atoms with Gasteiger partial charge in [0.25, 0.3) is 5.91 Å². The Kier molecular flexibility index (Phi) is 6.53. The maximum absolute atomic E-state index is 13.1. The molecule has 2 bridgehead atoms. The number of Topliss-reactive ketones (excluding diaryl/α,β-unsaturated/α-hetero) is 2. The summed E-state index contributed by atoms with van der Waals surface area (Å²) in [4.78, 5) is 40.2. The van der Waals surface area contributed by atoms with Crippen molar-refractivity contribution < 1.29 is 19.5 Å². The number of aliphatic hydroxyl groups excluding tert-OH is 1. The minimum atomic E-state index is -0.781. The third kappa shape index (κ3) is 4.14. The summed E-state index contributed by atoms with van der Waals surface area (Å²) in [5.41, 5.74) is 0.707. The number of carbonyl (C=O) groups is 3. The van der Waals surface area contributed by atoms with E-state index in [9.17, 15) is 19.5 Å². The number of rotatable bonds is 7. The van der Waals surface area contributed by atoms with Crippen molar-refractivity contribution in [3.63, 3.8) is 0 Å². The molecule has 1 amide bonds. The van der Waals surface area contributed by atoms with Crippen LogP contribution in [0.1, 0.15) is 84.8 Å². The minimum absolute atomic E-state index is 0.0537. The largest absolute Gasteiger partial charge is 0.389 e. The molecular formula is C21H32N4O4. The number of fused-ring (bicyclic) bond motifs is 2. The zero-order valence-electron chi connectivity index (χ0n) is 17.8. The number of amides is 1. The van der Waals surface area contributed by atoms with Gasteiger partial charge in [-0.05, 0) is 32.7 Å². The van der Waals surface area contributed by atoms with Crippen molar-refractivity contribution in [3.05, 3.63) is 17.0 Å². The Labute approximate surface area is 171 Å². The van der Waals surface area contributed by atoms with Crippen LogP contribution in [0.25, 0.3) is 0 Å². The van der Waals surface area contributed by atoms with E-state index in [-0.39, 0.29) is 35.5 Å². The van der Waals surface area contributed by atoms with Crippen LogP contribution in [-0.4, -0.2) is 69.0 Å². The Morgan fingerprint density at radius 1 is 1.21 bits per heavy atom. The molecule has 3 rings (SSSR count). The Morgan fingerprint density at radius 3 is 2.38 bits per heavy atom. The number of aliphatic hydroxyl groups is 1. The standard InChI is InChI=1S/C21H32N4O4/c1-5-16(27)20-18(12(2)17(28)11-26)19(23-25(20)4)21(29)22-13-9-14-7-6-8-15(10-13)24(14)3/h12-15,26H,5-11H2,1-4H3,(H,22,29). The first kappa shape index (κ1) is 21.6. The molecule has 0 aliphatic carbocycles. The van der Waals surface area contributed by atoms with Gasteiger partial charge in [0.2, 0.25) is 0 Å². The Hall–Kier alpha value is -2.06. The van der Waals surface area contributed by atoms with Gasteiger partial charge >= 0.3 is 0 Å². The van der Waals surface area contributed by atoms with Gasteiger partial charge in [0.1, 0.15) is 12.3 Å². The summed E-state index contributed by atoms with van der Waals surface area (Å²) >= 11 is 0. The first-order chi connectivity index (χ1) is 13.8. The van der Waals surface area contributed by atoms with Gasteiger partial charge in [-0.3, -0.25) is 19.1 Å². The molecule has 2 fully saturated rings. The number of aryl methyl sites for hydroxylation is 1. The first-order valence-corrected chi connectivity index (χ1v) is 10.5. The molecule has 1 aromatic heterocycles. The highest BCUT2D eigenvalue weighted by Crippen LogP contribution is 2.33. The predicted molar refractivity (Wildman–Crippen MR) is 108 cm³/mol. The maximum Gasteiger partial charge on any atom is 0.272 e. The summed E-state index contributed by atoms with van der Waals surface area (Å²) in [6.45, 7) is 2.70. The fourth-order valence-electron chi connectivity index (χ4n) is 4.90. The van der Waals surface area contributed by atoms with Crippen LogP contribution in [0.4, 0.5) is 0 Å². The molecule has 0 radical (unpaired) electrons. The third-order valence-electron chi connectivity index (χ3n) is 6.63. The van der Waals surface area contributed by atoms with Crippen LogP contribution in [0.5, 0.6) is 0 Å². The SMILES string of the molecule is CCC(=O)c1c(C(C)C(=O)CO)c(C(=O)NC2CC3CCCC(C2)N3C)nn1C. The van der Waals surface area contributed by atoms with E-state index in [1.807, 2.05) is 0 Å². The van der Waals surface area contributed by atoms with Crippen molar-refractivity contribution in [2.75, 3.05) is 13.7 Å². The van der Waals surface area contributed by atoms with Crippen molar-refractivity contribution >= 4 is 17.5 Å². The number of hydrogen-bond acceptors (Lipinski definition) is 6. The first-order valence-electron chi connectivity index (χ1n) is 10.5. The molecule has 2 aliphatic heterocycles. The molecule has 2 saturated heterocycles. The summed E-state index contributed by atoms with van der Waals surface area (Å²) < 4.78 is 1.39. The van der Waals surface area contributed by atoms with E-state index >= 15 is 0 Å². The highest BCUT2D eigenvalue weighted by Gasteiger charge is 2.38. The van der Waals surface area contributed by atoms with Gasteiger partial charge in [-0.2, -0.15) is 5.10 Å². The van der Waals surface area contributed by atoms with Gasteiger partial charge < -0.3 is 15.3 Å². The summed E-state index contributed by atoms with van der Waals surface area (Å²) in [5.74, 6) is -1.75. The molecule has 8 heteroatoms. The fraction of sp³-hybridized carbons (Fsp3) is 0.714. The summed E-state index contributed by atoms with van der Waals surface area (Å²) in [7, 11) is 3.77. The Bertz CT molecular complexity index is 789. The topological polar surface area (TPSA) is 105 Å². The van der Waals surface area contributed by atoms with E-state index in [2.05, 4.69) is 22.4 Å². The number of ketones is 2. The highest BCUT2D eigenvalue weighted by atomic mass is 16.3. The van der Waals surface area contributed by atoms with Crippen molar-refractivity contribution in [3.8, 4) is 0 Å². The van der Waals surface area contributed by atoms with Crippen molar-refractivity contribution in [2.45, 2.75) is 76.4 Å². The molecule has 160 valence electrons. The minimum Gasteiger partial charge on any atom is -0.389 e. The van der Waals surface area contributed by atoms with E-state index in [1.54, 1.807) is 20.9 Å². The zero-order valence-corrected chi connectivity index (χ0v) is 17.8. The van der Waals surface area contributed by atoms with Crippen LogP contribution < -0.4 is 5.32 Å². The van der Waals surface area contributed by atoms with Crippen LogP contribution in [0.2, 0.25) is 0 Å². The second kappa shape index (κ2) is 8.75. The van der Waals surface area contributed by atoms with Crippen LogP contribution in [0.3, 0.4) is 0 Å². The van der Waals surface area contributed by atoms with Crippen molar-refractivity contribution in [1.82, 2.24) is 20.0 Å². The molecule has 0 spiro atoms. The summed E-state index contributed by atoms with van der Waals surface area (Å²) in [6, 6.07) is 1.00. The Balaban J connectivity index is 1.88. The molecule has 3 atom stereocenters. The lowest BCUT2D eigenvalue weighted by Crippen LogP contribution is -2.55. The summed E-state index contributed by atoms with van der Waals surface area (Å²) in [5, 5.41) is 16.7. The second-order valence-corrected chi connectivity index (χ2v) is 8.40. The van der Waals surface area contributed by atoms with E-state index in [1.165, 1.54) is 11.1 Å². The van der Waals surface area contributed by atoms with Crippen molar-refractivity contribution in [2.24, 2.45) is 7.05 Å². The lowest BCUT2D eigenvalue weighted by molar-refractivity contribution is -0.122. The molecule has 2 N–H and O–H groups in total. The number of nitrogens with zero attached hydrogens (tertiary/aromatic N) is 3. The molecule has 1 aromatic rings. The molecule has 29 heavy (non-hydrogen) atoms. The highest BCUT2D eigenvalue weighted by molar-refractivity contribution is 6.04. The molecule has 3 unspecified atom stereocenters. The van der Waals surface area contributed by atoms with E-state index < -0.39 is 18.3 Å². The molecule has 0 saturated carbocycles.